The van der Waals surface area contributed by atoms with Gasteiger partial charge in [-0.15, -0.1) is 0 Å². The number of nitrogens with one attached hydrogen (secondary N) is 2. The Bertz CT molecular complexity index is 1200. The molecule has 0 spiro atoms. The van der Waals surface area contributed by atoms with Gasteiger partial charge in [0, 0.05) is 31.6 Å². The Balaban J connectivity index is 1.81. The van der Waals surface area contributed by atoms with E-state index in [-0.39, 0.29) is 41.1 Å². The summed E-state index contributed by atoms with van der Waals surface area (Å²) >= 11 is 0.641. The molecule has 3 rings (SSSR count). The SMILES string of the molecule is COCCNS(=O)(=O)c1ccc(C(=NOCc2ncccn2)C(=O)Nc2ncc(F)s2)cc1. The maximum Gasteiger partial charge on any atom is 0.280 e. The maximum atomic E-state index is 13.2. The molecule has 0 saturated heterocycles. The Kier molecular flexibility index (Phi) is 8.48. The second kappa shape index (κ2) is 11.5. The fraction of sp³-hybridized carbons (Fsp3) is 0.211. The van der Waals surface area contributed by atoms with Crippen molar-refractivity contribution < 1.29 is 27.2 Å². The summed E-state index contributed by atoms with van der Waals surface area (Å²) in [7, 11) is -2.30. The molecule has 2 aromatic heterocycles. The van der Waals surface area contributed by atoms with Crippen molar-refractivity contribution in [2.24, 2.45) is 5.16 Å². The lowest BCUT2D eigenvalue weighted by Crippen LogP contribution is -2.27. The first-order valence-corrected chi connectivity index (χ1v) is 11.7. The molecule has 0 unspecified atom stereocenters. The third-order valence-corrected chi connectivity index (χ3v) is 6.10. The summed E-state index contributed by atoms with van der Waals surface area (Å²) in [6.45, 7) is 0.211. The predicted octanol–water partition coefficient (Wildman–Crippen LogP) is 1.56. The molecule has 0 bridgehead atoms. The van der Waals surface area contributed by atoms with Gasteiger partial charge in [0.2, 0.25) is 10.0 Å². The number of anilines is 1. The van der Waals surface area contributed by atoms with Gasteiger partial charge in [0.25, 0.3) is 5.91 Å². The van der Waals surface area contributed by atoms with Crippen molar-refractivity contribution in [3.05, 3.63) is 65.4 Å². The largest absolute Gasteiger partial charge is 0.387 e. The summed E-state index contributed by atoms with van der Waals surface area (Å²) in [5.74, 6) is -0.390. The number of oxime groups is 1. The van der Waals surface area contributed by atoms with E-state index in [4.69, 9.17) is 9.57 Å². The van der Waals surface area contributed by atoms with Gasteiger partial charge in [0.05, 0.1) is 17.7 Å². The Hall–Kier alpha value is -3.33. The number of rotatable bonds is 11. The van der Waals surface area contributed by atoms with Crippen LogP contribution in [-0.4, -0.2) is 55.3 Å². The van der Waals surface area contributed by atoms with Gasteiger partial charge in [-0.3, -0.25) is 10.1 Å². The number of aromatic nitrogens is 3. The Morgan fingerprint density at radius 1 is 1.18 bits per heavy atom. The number of halogens is 1. The van der Waals surface area contributed by atoms with Gasteiger partial charge in [-0.05, 0) is 18.2 Å². The van der Waals surface area contributed by atoms with E-state index >= 15 is 0 Å². The van der Waals surface area contributed by atoms with Crippen LogP contribution in [0.5, 0.6) is 0 Å². The van der Waals surface area contributed by atoms with E-state index in [1.165, 1.54) is 43.8 Å². The van der Waals surface area contributed by atoms with E-state index in [0.717, 1.165) is 6.20 Å². The van der Waals surface area contributed by atoms with E-state index < -0.39 is 21.1 Å². The van der Waals surface area contributed by atoms with Crippen LogP contribution in [0.15, 0.2) is 59.0 Å². The predicted molar refractivity (Wildman–Crippen MR) is 118 cm³/mol. The fourth-order valence-electron chi connectivity index (χ4n) is 2.41. The van der Waals surface area contributed by atoms with E-state index in [9.17, 15) is 17.6 Å². The van der Waals surface area contributed by atoms with Crippen molar-refractivity contribution in [2.45, 2.75) is 11.5 Å². The van der Waals surface area contributed by atoms with E-state index in [1.54, 1.807) is 6.07 Å². The number of methoxy groups -OCH3 is 1. The molecule has 1 amide bonds. The minimum atomic E-state index is -3.76. The number of carbonyl (C=O) groups is 1. The van der Waals surface area contributed by atoms with Crippen LogP contribution >= 0.6 is 11.3 Å². The molecule has 0 atom stereocenters. The van der Waals surface area contributed by atoms with Crippen LogP contribution < -0.4 is 10.0 Å². The zero-order valence-electron chi connectivity index (χ0n) is 17.3. The summed E-state index contributed by atoms with van der Waals surface area (Å²) < 4.78 is 45.1. The maximum absolute atomic E-state index is 13.2. The van der Waals surface area contributed by atoms with Gasteiger partial charge >= 0.3 is 0 Å². The molecular formula is C19H19FN6O5S2. The molecule has 174 valence electrons. The number of hydrogen-bond acceptors (Lipinski definition) is 10. The first-order valence-electron chi connectivity index (χ1n) is 9.36. The average Bonchev–Trinajstić information content (AvgIpc) is 3.22. The topological polar surface area (TPSA) is 145 Å². The highest BCUT2D eigenvalue weighted by molar-refractivity contribution is 7.89. The van der Waals surface area contributed by atoms with Crippen molar-refractivity contribution in [1.82, 2.24) is 19.7 Å². The van der Waals surface area contributed by atoms with E-state index in [2.05, 4.69) is 30.1 Å². The summed E-state index contributed by atoms with van der Waals surface area (Å²) in [5.41, 5.74) is 0.0761. The van der Waals surface area contributed by atoms with Crippen LogP contribution in [0.25, 0.3) is 0 Å². The first kappa shape index (κ1) is 24.3. The van der Waals surface area contributed by atoms with Crippen molar-refractivity contribution in [3.63, 3.8) is 0 Å². The van der Waals surface area contributed by atoms with Gasteiger partial charge in [-0.25, -0.2) is 28.1 Å². The molecule has 0 saturated carbocycles. The van der Waals surface area contributed by atoms with Crippen molar-refractivity contribution in [2.75, 3.05) is 25.6 Å². The summed E-state index contributed by atoms with van der Waals surface area (Å²) in [6.07, 6.45) is 4.02. The lowest BCUT2D eigenvalue weighted by Gasteiger charge is -2.09. The number of amides is 1. The van der Waals surface area contributed by atoms with Gasteiger partial charge in [0.15, 0.2) is 28.4 Å². The van der Waals surface area contributed by atoms with Gasteiger partial charge in [0.1, 0.15) is 0 Å². The van der Waals surface area contributed by atoms with Crippen LogP contribution in [0.2, 0.25) is 0 Å². The lowest BCUT2D eigenvalue weighted by molar-refractivity contribution is -0.110. The quantitative estimate of drug-likeness (QED) is 0.232. The number of benzene rings is 1. The van der Waals surface area contributed by atoms with Gasteiger partial charge < -0.3 is 9.57 Å². The minimum absolute atomic E-state index is 0.0114. The van der Waals surface area contributed by atoms with Crippen molar-refractivity contribution in [1.29, 1.82) is 0 Å². The zero-order chi connectivity index (χ0) is 23.7. The zero-order valence-corrected chi connectivity index (χ0v) is 18.9. The molecule has 33 heavy (non-hydrogen) atoms. The van der Waals surface area contributed by atoms with E-state index in [0.29, 0.717) is 17.2 Å². The second-order valence-corrected chi connectivity index (χ2v) is 8.96. The molecule has 11 nitrogen and oxygen atoms in total. The van der Waals surface area contributed by atoms with Crippen LogP contribution in [0.3, 0.4) is 0 Å². The Labute approximate surface area is 192 Å². The number of hydrogen-bond donors (Lipinski definition) is 2. The fourth-order valence-corrected chi connectivity index (χ4v) is 3.96. The Morgan fingerprint density at radius 3 is 2.55 bits per heavy atom. The number of ether oxygens (including phenoxy) is 1. The smallest absolute Gasteiger partial charge is 0.280 e. The molecule has 0 aliphatic heterocycles. The molecular weight excluding hydrogens is 475 g/mol. The van der Waals surface area contributed by atoms with Crippen molar-refractivity contribution >= 4 is 38.1 Å². The van der Waals surface area contributed by atoms with Gasteiger partial charge in [-0.2, -0.15) is 4.39 Å². The molecule has 14 heteroatoms. The minimum Gasteiger partial charge on any atom is -0.387 e. The molecule has 3 aromatic rings. The highest BCUT2D eigenvalue weighted by Gasteiger charge is 2.19. The molecule has 0 fully saturated rings. The molecule has 2 heterocycles. The van der Waals surface area contributed by atoms with Crippen LogP contribution in [-0.2, 0) is 31.0 Å². The number of nitrogens with zero attached hydrogens (tertiary/aromatic N) is 4. The molecule has 1 aromatic carbocycles. The standard InChI is InChI=1S/C19H19FN6O5S2/c1-30-10-9-24-33(28,29)14-5-3-13(4-6-14)17(18(27)25-19-23-11-15(20)32-19)26-31-12-16-21-7-2-8-22-16/h2-8,11,24H,9-10,12H2,1H3,(H,23,25,27). The first-order chi connectivity index (χ1) is 15.9. The monoisotopic (exact) mass is 494 g/mol. The second-order valence-electron chi connectivity index (χ2n) is 6.22. The number of thiazole rings is 1. The number of carbonyl (C=O) groups excluding carboxylic acids is 1. The third-order valence-electron chi connectivity index (χ3n) is 3.92. The summed E-state index contributed by atoms with van der Waals surface area (Å²) in [4.78, 5) is 29.7. The normalized spacial score (nSPS) is 11.9. The molecule has 0 aliphatic rings. The molecule has 0 radical (unpaired) electrons. The summed E-state index contributed by atoms with van der Waals surface area (Å²) in [5, 5.41) is 5.76. The third kappa shape index (κ3) is 7.08. The summed E-state index contributed by atoms with van der Waals surface area (Å²) in [6, 6.07) is 7.06. The lowest BCUT2D eigenvalue weighted by atomic mass is 10.1. The molecule has 2 N–H and O–H groups in total. The average molecular weight is 495 g/mol. The van der Waals surface area contributed by atoms with Crippen LogP contribution in [0, 0.1) is 5.13 Å². The molecule has 0 aliphatic carbocycles. The van der Waals surface area contributed by atoms with Gasteiger partial charge in [-0.1, -0.05) is 28.6 Å². The highest BCUT2D eigenvalue weighted by atomic mass is 32.2. The Morgan fingerprint density at radius 2 is 1.91 bits per heavy atom. The van der Waals surface area contributed by atoms with Crippen LogP contribution in [0.4, 0.5) is 9.52 Å². The van der Waals surface area contributed by atoms with Crippen LogP contribution in [0.1, 0.15) is 11.4 Å². The highest BCUT2D eigenvalue weighted by Crippen LogP contribution is 2.17. The van der Waals surface area contributed by atoms with Crippen molar-refractivity contribution in [3.8, 4) is 0 Å². The number of sulfonamides is 1. The van der Waals surface area contributed by atoms with E-state index in [1.807, 2.05) is 0 Å².